The summed E-state index contributed by atoms with van der Waals surface area (Å²) in [6, 6.07) is 20.4. The van der Waals surface area contributed by atoms with Crippen molar-refractivity contribution in [3.05, 3.63) is 84.2 Å². The molecule has 0 radical (unpaired) electrons. The lowest BCUT2D eigenvalue weighted by molar-refractivity contribution is -0.117. The van der Waals surface area contributed by atoms with Gasteiger partial charge in [0.05, 0.1) is 17.4 Å². The van der Waals surface area contributed by atoms with Gasteiger partial charge in [0.1, 0.15) is 11.4 Å². The van der Waals surface area contributed by atoms with E-state index < -0.39 is 11.8 Å². The van der Waals surface area contributed by atoms with Crippen LogP contribution < -0.4 is 21.3 Å². The molecule has 1 aromatic heterocycles. The number of amides is 3. The average Bonchev–Trinajstić information content (AvgIpc) is 3.36. The first-order valence-electron chi connectivity index (χ1n) is 10.4. The maximum Gasteiger partial charge on any atom is 0.274 e. The van der Waals surface area contributed by atoms with Crippen molar-refractivity contribution >= 4 is 34.8 Å². The third-order valence-electron chi connectivity index (χ3n) is 5.06. The zero-order chi connectivity index (χ0) is 22.3. The molecule has 1 aliphatic heterocycles. The zero-order valence-corrected chi connectivity index (χ0v) is 17.3. The Kier molecular flexibility index (Phi) is 6.52. The zero-order valence-electron chi connectivity index (χ0n) is 17.3. The standard InChI is InChI=1S/C24H23N5O3/c30-22(19-14-7-15-25-19)28-17-10-4-5-11-18(17)29-24(32)21-13-6-12-20(27-21)23(31)26-16-8-2-1-3-9-16/h1-6,8-13,19,25H,7,14-15H2,(H,26,31)(H,28,30)(H,29,32)/t19-/m0/s1. The van der Waals surface area contributed by atoms with Crippen LogP contribution in [0.2, 0.25) is 0 Å². The van der Waals surface area contributed by atoms with Crippen LogP contribution in [-0.4, -0.2) is 35.3 Å². The second kappa shape index (κ2) is 9.84. The van der Waals surface area contributed by atoms with Crippen molar-refractivity contribution in [3.63, 3.8) is 0 Å². The topological polar surface area (TPSA) is 112 Å². The Labute approximate surface area is 185 Å². The van der Waals surface area contributed by atoms with Crippen LogP contribution in [0.25, 0.3) is 0 Å². The van der Waals surface area contributed by atoms with Gasteiger partial charge in [0.2, 0.25) is 5.91 Å². The number of nitrogens with one attached hydrogen (secondary N) is 4. The van der Waals surface area contributed by atoms with Crippen molar-refractivity contribution in [2.24, 2.45) is 0 Å². The van der Waals surface area contributed by atoms with Crippen molar-refractivity contribution in [2.45, 2.75) is 18.9 Å². The number of benzene rings is 2. The van der Waals surface area contributed by atoms with Gasteiger partial charge in [0, 0.05) is 5.69 Å². The van der Waals surface area contributed by atoms with E-state index >= 15 is 0 Å². The van der Waals surface area contributed by atoms with Gasteiger partial charge in [-0.2, -0.15) is 0 Å². The van der Waals surface area contributed by atoms with Crippen LogP contribution in [0, 0.1) is 0 Å². The minimum absolute atomic E-state index is 0.0873. The van der Waals surface area contributed by atoms with E-state index in [9.17, 15) is 14.4 Å². The van der Waals surface area contributed by atoms with Gasteiger partial charge in [0.15, 0.2) is 0 Å². The molecule has 1 atom stereocenters. The number of rotatable bonds is 6. The number of pyridine rings is 1. The fourth-order valence-electron chi connectivity index (χ4n) is 3.42. The number of hydrogen-bond donors (Lipinski definition) is 4. The summed E-state index contributed by atoms with van der Waals surface area (Å²) < 4.78 is 0. The van der Waals surface area contributed by atoms with E-state index in [0.29, 0.717) is 17.1 Å². The van der Waals surface area contributed by atoms with Gasteiger partial charge in [-0.25, -0.2) is 4.98 Å². The van der Waals surface area contributed by atoms with Gasteiger partial charge in [-0.15, -0.1) is 0 Å². The predicted molar refractivity (Wildman–Crippen MR) is 123 cm³/mol. The molecule has 0 aliphatic carbocycles. The van der Waals surface area contributed by atoms with Crippen LogP contribution in [0.3, 0.4) is 0 Å². The Morgan fingerprint density at radius 2 is 1.38 bits per heavy atom. The predicted octanol–water partition coefficient (Wildman–Crippen LogP) is 3.28. The van der Waals surface area contributed by atoms with Crippen molar-refractivity contribution < 1.29 is 14.4 Å². The first-order chi connectivity index (χ1) is 15.6. The van der Waals surface area contributed by atoms with E-state index in [1.807, 2.05) is 18.2 Å². The molecule has 162 valence electrons. The Hall–Kier alpha value is -4.04. The molecule has 1 saturated heterocycles. The SMILES string of the molecule is O=C(Nc1ccccc1)c1cccc(C(=O)Nc2ccccc2NC(=O)[C@@H]2CCCN2)n1. The molecule has 32 heavy (non-hydrogen) atoms. The molecule has 8 nitrogen and oxygen atoms in total. The van der Waals surface area contributed by atoms with Gasteiger partial charge in [0.25, 0.3) is 11.8 Å². The maximum atomic E-state index is 12.8. The minimum atomic E-state index is -0.486. The van der Waals surface area contributed by atoms with Gasteiger partial charge < -0.3 is 21.3 Å². The molecule has 2 aromatic carbocycles. The summed E-state index contributed by atoms with van der Waals surface area (Å²) in [6.45, 7) is 0.816. The van der Waals surface area contributed by atoms with Gasteiger partial charge in [-0.1, -0.05) is 36.4 Å². The van der Waals surface area contributed by atoms with Crippen molar-refractivity contribution in [2.75, 3.05) is 22.5 Å². The molecule has 4 rings (SSSR count). The van der Waals surface area contributed by atoms with Crippen molar-refractivity contribution in [1.29, 1.82) is 0 Å². The smallest absolute Gasteiger partial charge is 0.274 e. The van der Waals surface area contributed by atoms with Gasteiger partial charge in [-0.05, 0) is 55.8 Å². The van der Waals surface area contributed by atoms with E-state index in [2.05, 4.69) is 26.3 Å². The number of nitrogens with zero attached hydrogens (tertiary/aromatic N) is 1. The Morgan fingerprint density at radius 3 is 2.03 bits per heavy atom. The molecule has 0 spiro atoms. The number of hydrogen-bond acceptors (Lipinski definition) is 5. The van der Waals surface area contributed by atoms with Crippen molar-refractivity contribution in [3.8, 4) is 0 Å². The monoisotopic (exact) mass is 429 g/mol. The van der Waals surface area contributed by atoms with Gasteiger partial charge in [-0.3, -0.25) is 14.4 Å². The lowest BCUT2D eigenvalue weighted by Gasteiger charge is -2.15. The Balaban J connectivity index is 1.46. The van der Waals surface area contributed by atoms with Gasteiger partial charge >= 0.3 is 0 Å². The minimum Gasteiger partial charge on any atom is -0.323 e. The van der Waals surface area contributed by atoms with Crippen LogP contribution >= 0.6 is 0 Å². The first kappa shape index (κ1) is 21.2. The fourth-order valence-corrected chi connectivity index (χ4v) is 3.42. The number of aromatic nitrogens is 1. The van der Waals surface area contributed by atoms with E-state index in [0.717, 1.165) is 19.4 Å². The molecule has 1 aliphatic rings. The Morgan fingerprint density at radius 1 is 0.750 bits per heavy atom. The van der Waals surface area contributed by atoms with Crippen LogP contribution in [0.4, 0.5) is 17.1 Å². The van der Waals surface area contributed by atoms with Crippen LogP contribution in [-0.2, 0) is 4.79 Å². The molecular formula is C24H23N5O3. The summed E-state index contributed by atoms with van der Waals surface area (Å²) in [5.41, 5.74) is 1.79. The second-order valence-corrected chi connectivity index (χ2v) is 7.37. The highest BCUT2D eigenvalue weighted by molar-refractivity contribution is 6.08. The molecule has 4 N–H and O–H groups in total. The van der Waals surface area contributed by atoms with Crippen LogP contribution in [0.15, 0.2) is 72.8 Å². The lowest BCUT2D eigenvalue weighted by Crippen LogP contribution is -2.35. The number of carbonyl (C=O) groups is 3. The molecule has 3 amide bonds. The molecule has 0 unspecified atom stereocenters. The summed E-state index contributed by atoms with van der Waals surface area (Å²) in [4.78, 5) is 41.9. The van der Waals surface area contributed by atoms with Crippen molar-refractivity contribution in [1.82, 2.24) is 10.3 Å². The number of para-hydroxylation sites is 3. The third-order valence-corrected chi connectivity index (χ3v) is 5.06. The van der Waals surface area contributed by atoms with E-state index in [1.54, 1.807) is 42.5 Å². The molecule has 2 heterocycles. The number of anilines is 3. The first-order valence-corrected chi connectivity index (χ1v) is 10.4. The third kappa shape index (κ3) is 5.16. The molecule has 0 saturated carbocycles. The average molecular weight is 429 g/mol. The largest absolute Gasteiger partial charge is 0.323 e. The number of carbonyl (C=O) groups excluding carboxylic acids is 3. The van der Waals surface area contributed by atoms with E-state index in [1.165, 1.54) is 12.1 Å². The maximum absolute atomic E-state index is 12.8. The summed E-state index contributed by atoms with van der Waals surface area (Å²) in [7, 11) is 0. The van der Waals surface area contributed by atoms with Crippen LogP contribution in [0.1, 0.15) is 33.8 Å². The van der Waals surface area contributed by atoms with E-state index in [-0.39, 0.29) is 23.3 Å². The second-order valence-electron chi connectivity index (χ2n) is 7.37. The highest BCUT2D eigenvalue weighted by Gasteiger charge is 2.23. The summed E-state index contributed by atoms with van der Waals surface area (Å²) >= 11 is 0. The summed E-state index contributed by atoms with van der Waals surface area (Å²) in [5.74, 6) is -1.04. The molecule has 8 heteroatoms. The van der Waals surface area contributed by atoms with Crippen LogP contribution in [0.5, 0.6) is 0 Å². The molecule has 0 bridgehead atoms. The molecule has 1 fully saturated rings. The highest BCUT2D eigenvalue weighted by Crippen LogP contribution is 2.22. The fraction of sp³-hybridized carbons (Fsp3) is 0.167. The normalized spacial score (nSPS) is 15.1. The molecule has 3 aromatic rings. The summed E-state index contributed by atoms with van der Waals surface area (Å²) in [5, 5.41) is 11.5. The summed E-state index contributed by atoms with van der Waals surface area (Å²) in [6.07, 6.45) is 1.73. The lowest BCUT2D eigenvalue weighted by atomic mass is 10.2. The van der Waals surface area contributed by atoms with E-state index in [4.69, 9.17) is 0 Å². The quantitative estimate of drug-likeness (QED) is 0.480. The highest BCUT2D eigenvalue weighted by atomic mass is 16.2. The Bertz CT molecular complexity index is 1130. The molecular weight excluding hydrogens is 406 g/mol.